The molecule has 4 nitrogen and oxygen atoms in total. The molecule has 0 unspecified atom stereocenters. The van der Waals surface area contributed by atoms with Gasteiger partial charge in [0, 0.05) is 12.8 Å². The Balaban J connectivity index is 2.10. The molecule has 1 heterocycles. The van der Waals surface area contributed by atoms with E-state index in [-0.39, 0.29) is 10.8 Å². The summed E-state index contributed by atoms with van der Waals surface area (Å²) in [5, 5.41) is 3.12. The molecule has 0 bridgehead atoms. The lowest BCUT2D eigenvalue weighted by atomic mass is 10.1. The number of anilines is 1. The predicted octanol–water partition coefficient (Wildman–Crippen LogP) is 2.54. The Morgan fingerprint density at radius 1 is 1.25 bits per heavy atom. The van der Waals surface area contributed by atoms with Gasteiger partial charge in [-0.3, -0.25) is 0 Å². The summed E-state index contributed by atoms with van der Waals surface area (Å²) in [5.74, 6) is -0.280. The summed E-state index contributed by atoms with van der Waals surface area (Å²) < 4.78 is 35.7. The monoisotopic (exact) mass is 294 g/mol. The van der Waals surface area contributed by atoms with Gasteiger partial charge in [0.1, 0.15) is 5.82 Å². The average Bonchev–Trinajstić information content (AvgIpc) is 2.39. The fourth-order valence-corrected chi connectivity index (χ4v) is 2.29. The minimum absolute atomic E-state index is 0.0324. The Labute approximate surface area is 117 Å². The quantitative estimate of drug-likeness (QED) is 0.941. The van der Waals surface area contributed by atoms with Crippen molar-refractivity contribution in [1.82, 2.24) is 4.98 Å². The third-order valence-corrected chi connectivity index (χ3v) is 3.91. The minimum Gasteiger partial charge on any atom is -0.380 e. The molecular formula is C14H15FN2O2S. The van der Waals surface area contributed by atoms with Crippen LogP contribution in [0.3, 0.4) is 0 Å². The van der Waals surface area contributed by atoms with E-state index >= 15 is 0 Å². The van der Waals surface area contributed by atoms with Crippen LogP contribution < -0.4 is 5.32 Å². The van der Waals surface area contributed by atoms with Crippen LogP contribution in [0.15, 0.2) is 41.6 Å². The molecule has 20 heavy (non-hydrogen) atoms. The highest BCUT2D eigenvalue weighted by molar-refractivity contribution is 7.90. The number of hydrogen-bond donors (Lipinski definition) is 1. The van der Waals surface area contributed by atoms with Gasteiger partial charge in [-0.25, -0.2) is 17.8 Å². The molecule has 0 aliphatic carbocycles. The highest BCUT2D eigenvalue weighted by Gasteiger charge is 2.08. The number of benzene rings is 1. The van der Waals surface area contributed by atoms with Gasteiger partial charge >= 0.3 is 0 Å². The predicted molar refractivity (Wildman–Crippen MR) is 75.8 cm³/mol. The molecular weight excluding hydrogens is 279 g/mol. The highest BCUT2D eigenvalue weighted by atomic mass is 32.2. The molecule has 6 heteroatoms. The molecule has 0 fully saturated rings. The molecule has 0 aliphatic heterocycles. The van der Waals surface area contributed by atoms with Crippen LogP contribution >= 0.6 is 0 Å². The van der Waals surface area contributed by atoms with Crippen LogP contribution in [0.2, 0.25) is 0 Å². The molecule has 0 amide bonds. The molecule has 106 valence electrons. The zero-order valence-electron chi connectivity index (χ0n) is 11.2. The molecule has 0 radical (unpaired) electrons. The topological polar surface area (TPSA) is 59.1 Å². The molecule has 1 aromatic carbocycles. The third-order valence-electron chi connectivity index (χ3n) is 2.91. The second-order valence-corrected chi connectivity index (χ2v) is 6.54. The van der Waals surface area contributed by atoms with E-state index < -0.39 is 9.84 Å². The molecule has 0 spiro atoms. The maximum atomic E-state index is 13.2. The van der Waals surface area contributed by atoms with Gasteiger partial charge in [0.05, 0.1) is 11.9 Å². The van der Waals surface area contributed by atoms with Crippen molar-refractivity contribution in [1.29, 1.82) is 0 Å². The normalized spacial score (nSPS) is 11.3. The van der Waals surface area contributed by atoms with E-state index in [0.717, 1.165) is 17.4 Å². The van der Waals surface area contributed by atoms with Crippen LogP contribution in [-0.4, -0.2) is 19.7 Å². The first-order chi connectivity index (χ1) is 9.36. The standard InChI is InChI=1S/C14H15FN2O2S/c1-10-3-4-12(15)7-11(10)8-16-13-5-6-14(17-9-13)20(2,18)19/h3-7,9,16H,8H2,1-2H3. The van der Waals surface area contributed by atoms with E-state index in [1.54, 1.807) is 12.1 Å². The van der Waals surface area contributed by atoms with Gasteiger partial charge < -0.3 is 5.32 Å². The number of aromatic nitrogens is 1. The van der Waals surface area contributed by atoms with Crippen LogP contribution in [-0.2, 0) is 16.4 Å². The van der Waals surface area contributed by atoms with Gasteiger partial charge in [0.2, 0.25) is 0 Å². The van der Waals surface area contributed by atoms with Crippen LogP contribution in [0, 0.1) is 12.7 Å². The van der Waals surface area contributed by atoms with E-state index in [9.17, 15) is 12.8 Å². The summed E-state index contributed by atoms with van der Waals surface area (Å²) in [6, 6.07) is 7.69. The fourth-order valence-electron chi connectivity index (χ4n) is 1.73. The molecule has 0 saturated carbocycles. The summed E-state index contributed by atoms with van der Waals surface area (Å²) in [7, 11) is -3.29. The molecule has 0 saturated heterocycles. The maximum absolute atomic E-state index is 13.2. The third kappa shape index (κ3) is 3.54. The van der Waals surface area contributed by atoms with Crippen molar-refractivity contribution in [2.45, 2.75) is 18.5 Å². The van der Waals surface area contributed by atoms with Gasteiger partial charge in [-0.05, 0) is 42.3 Å². The first kappa shape index (κ1) is 14.5. The Morgan fingerprint density at radius 2 is 2.00 bits per heavy atom. The number of nitrogens with one attached hydrogen (secondary N) is 1. The summed E-state index contributed by atoms with van der Waals surface area (Å²) in [6.07, 6.45) is 2.56. The van der Waals surface area contributed by atoms with Gasteiger partial charge in [-0.15, -0.1) is 0 Å². The lowest BCUT2D eigenvalue weighted by Crippen LogP contribution is -2.04. The lowest BCUT2D eigenvalue weighted by molar-refractivity contribution is 0.598. The lowest BCUT2D eigenvalue weighted by Gasteiger charge is -2.09. The van der Waals surface area contributed by atoms with Crippen LogP contribution in [0.5, 0.6) is 0 Å². The Kier molecular flexibility index (Phi) is 4.04. The number of halogens is 1. The van der Waals surface area contributed by atoms with Crippen molar-refractivity contribution in [3.05, 3.63) is 53.5 Å². The van der Waals surface area contributed by atoms with Gasteiger partial charge in [0.25, 0.3) is 0 Å². The number of rotatable bonds is 4. The number of aryl methyl sites for hydroxylation is 1. The summed E-state index contributed by atoms with van der Waals surface area (Å²) in [4.78, 5) is 3.88. The maximum Gasteiger partial charge on any atom is 0.192 e. The Bertz CT molecular complexity index is 712. The molecule has 0 aliphatic rings. The van der Waals surface area contributed by atoms with Crippen molar-refractivity contribution >= 4 is 15.5 Å². The van der Waals surface area contributed by atoms with Crippen molar-refractivity contribution in [3.8, 4) is 0 Å². The van der Waals surface area contributed by atoms with E-state index in [4.69, 9.17) is 0 Å². The summed E-state index contributed by atoms with van der Waals surface area (Å²) in [6.45, 7) is 2.35. The smallest absolute Gasteiger partial charge is 0.192 e. The van der Waals surface area contributed by atoms with Crippen LogP contribution in [0.1, 0.15) is 11.1 Å². The number of nitrogens with zero attached hydrogens (tertiary/aromatic N) is 1. The van der Waals surface area contributed by atoms with Crippen molar-refractivity contribution in [2.24, 2.45) is 0 Å². The number of sulfone groups is 1. The van der Waals surface area contributed by atoms with Crippen molar-refractivity contribution in [2.75, 3.05) is 11.6 Å². The average molecular weight is 294 g/mol. The van der Waals surface area contributed by atoms with Crippen molar-refractivity contribution in [3.63, 3.8) is 0 Å². The zero-order chi connectivity index (χ0) is 14.8. The largest absolute Gasteiger partial charge is 0.380 e. The van der Waals surface area contributed by atoms with E-state index in [1.165, 1.54) is 24.4 Å². The molecule has 0 atom stereocenters. The van der Waals surface area contributed by atoms with Gasteiger partial charge in [-0.2, -0.15) is 0 Å². The van der Waals surface area contributed by atoms with Gasteiger partial charge in [-0.1, -0.05) is 6.07 Å². The van der Waals surface area contributed by atoms with Gasteiger partial charge in [0.15, 0.2) is 14.9 Å². The zero-order valence-corrected chi connectivity index (χ0v) is 12.0. The minimum atomic E-state index is -3.29. The second-order valence-electron chi connectivity index (χ2n) is 4.58. The van der Waals surface area contributed by atoms with Crippen molar-refractivity contribution < 1.29 is 12.8 Å². The fraction of sp³-hybridized carbons (Fsp3) is 0.214. The Morgan fingerprint density at radius 3 is 2.60 bits per heavy atom. The summed E-state index contributed by atoms with van der Waals surface area (Å²) >= 11 is 0. The number of pyridine rings is 1. The van der Waals surface area contributed by atoms with E-state index in [1.807, 2.05) is 6.92 Å². The van der Waals surface area contributed by atoms with Crippen LogP contribution in [0.4, 0.5) is 10.1 Å². The molecule has 2 aromatic rings. The first-order valence-corrected chi connectivity index (χ1v) is 7.90. The highest BCUT2D eigenvalue weighted by Crippen LogP contribution is 2.14. The van der Waals surface area contributed by atoms with Crippen LogP contribution in [0.25, 0.3) is 0 Å². The van der Waals surface area contributed by atoms with E-state index in [0.29, 0.717) is 12.2 Å². The molecule has 1 N–H and O–H groups in total. The van der Waals surface area contributed by atoms with E-state index in [2.05, 4.69) is 10.3 Å². The second kappa shape index (κ2) is 5.58. The Hall–Kier alpha value is -1.95. The number of hydrogen-bond acceptors (Lipinski definition) is 4. The molecule has 1 aromatic heterocycles. The SMILES string of the molecule is Cc1ccc(F)cc1CNc1ccc(S(C)(=O)=O)nc1. The summed E-state index contributed by atoms with van der Waals surface area (Å²) in [5.41, 5.74) is 2.51. The molecule has 2 rings (SSSR count). The first-order valence-electron chi connectivity index (χ1n) is 6.01.